The SMILES string of the molecule is Cc1ccccc1-c1c2c(cc[n+]1C)C(C)(C)CC2. The van der Waals surface area contributed by atoms with Crippen LogP contribution in [0.5, 0.6) is 0 Å². The molecule has 1 heterocycles. The average Bonchev–Trinajstić information content (AvgIpc) is 2.67. The van der Waals surface area contributed by atoms with Gasteiger partial charge in [0.2, 0.25) is 5.69 Å². The van der Waals surface area contributed by atoms with Crippen LogP contribution in [-0.4, -0.2) is 0 Å². The van der Waals surface area contributed by atoms with E-state index in [-0.39, 0.29) is 0 Å². The highest BCUT2D eigenvalue weighted by atomic mass is 14.9. The summed E-state index contributed by atoms with van der Waals surface area (Å²) in [7, 11) is 2.16. The molecule has 1 aromatic heterocycles. The molecule has 1 aromatic carbocycles. The van der Waals surface area contributed by atoms with Gasteiger partial charge in [0.15, 0.2) is 6.20 Å². The highest BCUT2D eigenvalue weighted by Gasteiger charge is 2.35. The predicted molar refractivity (Wildman–Crippen MR) is 79.1 cm³/mol. The molecular formula is C18H22N+. The third kappa shape index (κ3) is 1.88. The Bertz CT molecular complexity index is 638. The fraction of sp³-hybridized carbons (Fsp3) is 0.389. The molecule has 2 aromatic rings. The molecule has 0 radical (unpaired) electrons. The Hall–Kier alpha value is -1.63. The molecule has 1 aliphatic carbocycles. The van der Waals surface area contributed by atoms with Gasteiger partial charge < -0.3 is 0 Å². The van der Waals surface area contributed by atoms with E-state index >= 15 is 0 Å². The lowest BCUT2D eigenvalue weighted by Crippen LogP contribution is -2.32. The van der Waals surface area contributed by atoms with Gasteiger partial charge in [0, 0.05) is 17.2 Å². The van der Waals surface area contributed by atoms with Gasteiger partial charge in [0.1, 0.15) is 7.05 Å². The van der Waals surface area contributed by atoms with Gasteiger partial charge in [-0.15, -0.1) is 0 Å². The smallest absolute Gasteiger partial charge is 0.201 e. The maximum atomic E-state index is 2.36. The van der Waals surface area contributed by atoms with Crippen LogP contribution in [0.1, 0.15) is 37.0 Å². The third-order valence-corrected chi connectivity index (χ3v) is 4.56. The zero-order chi connectivity index (χ0) is 13.6. The van der Waals surface area contributed by atoms with E-state index in [0.717, 1.165) is 0 Å². The highest BCUT2D eigenvalue weighted by molar-refractivity contribution is 5.66. The standard InChI is InChI=1S/C18H22N/c1-13-7-5-6-8-14(13)17-15-9-11-18(2,3)16(15)10-12-19(17)4/h5-8,10,12H,9,11H2,1-4H3/q+1. The van der Waals surface area contributed by atoms with Gasteiger partial charge in [-0.2, -0.15) is 0 Å². The summed E-state index contributed by atoms with van der Waals surface area (Å²) in [4.78, 5) is 0. The summed E-state index contributed by atoms with van der Waals surface area (Å²) in [6.45, 7) is 6.93. The molecule has 0 atom stereocenters. The molecule has 0 bridgehead atoms. The first-order valence-corrected chi connectivity index (χ1v) is 7.09. The van der Waals surface area contributed by atoms with Gasteiger partial charge in [-0.3, -0.25) is 0 Å². The summed E-state index contributed by atoms with van der Waals surface area (Å²) < 4.78 is 2.28. The van der Waals surface area contributed by atoms with Gasteiger partial charge in [-0.05, 0) is 42.4 Å². The Labute approximate surface area is 115 Å². The molecule has 0 saturated heterocycles. The van der Waals surface area contributed by atoms with Gasteiger partial charge in [-0.25, -0.2) is 4.57 Å². The first kappa shape index (κ1) is 12.4. The van der Waals surface area contributed by atoms with Gasteiger partial charge in [0.05, 0.1) is 0 Å². The number of nitrogens with zero attached hydrogens (tertiary/aromatic N) is 1. The number of hydrogen-bond donors (Lipinski definition) is 0. The van der Waals surface area contributed by atoms with E-state index in [1.807, 2.05) is 0 Å². The number of aryl methyl sites for hydroxylation is 2. The van der Waals surface area contributed by atoms with Crippen LogP contribution >= 0.6 is 0 Å². The summed E-state index contributed by atoms with van der Waals surface area (Å²) in [5, 5.41) is 0. The minimum Gasteiger partial charge on any atom is -0.201 e. The van der Waals surface area contributed by atoms with Crippen molar-refractivity contribution >= 4 is 0 Å². The molecule has 0 fully saturated rings. The van der Waals surface area contributed by atoms with Gasteiger partial charge in [-0.1, -0.05) is 32.0 Å². The van der Waals surface area contributed by atoms with Crippen molar-refractivity contribution in [3.05, 3.63) is 53.2 Å². The van der Waals surface area contributed by atoms with Crippen molar-refractivity contribution in [1.82, 2.24) is 0 Å². The minimum absolute atomic E-state index is 0.320. The van der Waals surface area contributed by atoms with E-state index in [4.69, 9.17) is 0 Å². The van der Waals surface area contributed by atoms with Crippen LogP contribution in [0.2, 0.25) is 0 Å². The Morgan fingerprint density at radius 1 is 1.11 bits per heavy atom. The second kappa shape index (κ2) is 4.19. The summed E-state index contributed by atoms with van der Waals surface area (Å²) in [5.74, 6) is 0. The van der Waals surface area contributed by atoms with E-state index in [1.54, 1.807) is 5.56 Å². The first-order chi connectivity index (χ1) is 9.00. The van der Waals surface area contributed by atoms with Crippen LogP contribution in [0, 0.1) is 6.92 Å². The molecule has 1 heteroatoms. The fourth-order valence-corrected chi connectivity index (χ4v) is 3.35. The van der Waals surface area contributed by atoms with Crippen LogP contribution in [0.4, 0.5) is 0 Å². The predicted octanol–water partition coefficient (Wildman–Crippen LogP) is 3.71. The Kier molecular flexibility index (Phi) is 2.74. The number of fused-ring (bicyclic) bond motifs is 1. The number of rotatable bonds is 1. The topological polar surface area (TPSA) is 3.88 Å². The van der Waals surface area contributed by atoms with Crippen molar-refractivity contribution in [3.8, 4) is 11.3 Å². The van der Waals surface area contributed by atoms with Crippen molar-refractivity contribution in [2.45, 2.75) is 39.0 Å². The number of aromatic nitrogens is 1. The second-order valence-corrected chi connectivity index (χ2v) is 6.37. The lowest BCUT2D eigenvalue weighted by atomic mass is 9.86. The molecule has 3 rings (SSSR count). The Morgan fingerprint density at radius 3 is 2.58 bits per heavy atom. The van der Waals surface area contributed by atoms with Crippen LogP contribution in [0.3, 0.4) is 0 Å². The molecule has 19 heavy (non-hydrogen) atoms. The second-order valence-electron chi connectivity index (χ2n) is 6.37. The molecule has 1 nitrogen and oxygen atoms in total. The van der Waals surface area contributed by atoms with Gasteiger partial charge in [0.25, 0.3) is 0 Å². The van der Waals surface area contributed by atoms with Crippen molar-refractivity contribution in [1.29, 1.82) is 0 Å². The maximum absolute atomic E-state index is 2.36. The van der Waals surface area contributed by atoms with Crippen molar-refractivity contribution < 1.29 is 4.57 Å². The van der Waals surface area contributed by atoms with E-state index in [1.165, 1.54) is 35.2 Å². The molecule has 0 saturated carbocycles. The van der Waals surface area contributed by atoms with Crippen LogP contribution < -0.4 is 4.57 Å². The van der Waals surface area contributed by atoms with Gasteiger partial charge >= 0.3 is 0 Å². The zero-order valence-corrected chi connectivity index (χ0v) is 12.3. The molecule has 0 N–H and O–H groups in total. The molecule has 1 aliphatic rings. The summed E-state index contributed by atoms with van der Waals surface area (Å²) >= 11 is 0. The number of pyridine rings is 1. The lowest BCUT2D eigenvalue weighted by Gasteiger charge is -2.18. The molecule has 0 aliphatic heterocycles. The third-order valence-electron chi connectivity index (χ3n) is 4.56. The van der Waals surface area contributed by atoms with Crippen LogP contribution in [0.25, 0.3) is 11.3 Å². The van der Waals surface area contributed by atoms with Crippen LogP contribution in [0.15, 0.2) is 36.5 Å². The number of benzene rings is 1. The lowest BCUT2D eigenvalue weighted by molar-refractivity contribution is -0.660. The highest BCUT2D eigenvalue weighted by Crippen LogP contribution is 2.41. The van der Waals surface area contributed by atoms with Crippen molar-refractivity contribution in [2.75, 3.05) is 0 Å². The fourth-order valence-electron chi connectivity index (χ4n) is 3.35. The monoisotopic (exact) mass is 252 g/mol. The molecule has 0 spiro atoms. The largest absolute Gasteiger partial charge is 0.216 e. The van der Waals surface area contributed by atoms with Crippen LogP contribution in [-0.2, 0) is 18.9 Å². The normalized spacial score (nSPS) is 16.4. The minimum atomic E-state index is 0.320. The molecule has 0 unspecified atom stereocenters. The van der Waals surface area contributed by atoms with E-state index in [9.17, 15) is 0 Å². The van der Waals surface area contributed by atoms with Crippen molar-refractivity contribution in [2.24, 2.45) is 7.05 Å². The van der Waals surface area contributed by atoms with E-state index < -0.39 is 0 Å². The molecular weight excluding hydrogens is 230 g/mol. The summed E-state index contributed by atoms with van der Waals surface area (Å²) in [5.41, 5.74) is 7.53. The first-order valence-electron chi connectivity index (χ1n) is 7.09. The Balaban J connectivity index is 2.29. The average molecular weight is 252 g/mol. The number of hydrogen-bond acceptors (Lipinski definition) is 0. The summed E-state index contributed by atoms with van der Waals surface area (Å²) in [6, 6.07) is 11.0. The Morgan fingerprint density at radius 2 is 1.84 bits per heavy atom. The quantitative estimate of drug-likeness (QED) is 0.681. The maximum Gasteiger partial charge on any atom is 0.216 e. The van der Waals surface area contributed by atoms with E-state index in [0.29, 0.717) is 5.41 Å². The summed E-state index contributed by atoms with van der Waals surface area (Å²) in [6.07, 6.45) is 4.67. The zero-order valence-electron chi connectivity index (χ0n) is 12.3. The van der Waals surface area contributed by atoms with E-state index in [2.05, 4.69) is 68.9 Å². The molecule has 0 amide bonds. The van der Waals surface area contributed by atoms with Crippen molar-refractivity contribution in [3.63, 3.8) is 0 Å². The molecule has 98 valence electrons.